The van der Waals surface area contributed by atoms with Crippen molar-refractivity contribution in [2.75, 3.05) is 12.9 Å². The highest BCUT2D eigenvalue weighted by atomic mass is 32.2. The molecule has 5 nitrogen and oxygen atoms in total. The summed E-state index contributed by atoms with van der Waals surface area (Å²) in [6.07, 6.45) is 5.96. The van der Waals surface area contributed by atoms with Crippen molar-refractivity contribution in [1.82, 2.24) is 10.2 Å². The van der Waals surface area contributed by atoms with Crippen LogP contribution in [0.5, 0.6) is 5.75 Å². The molecule has 39 heavy (non-hydrogen) atoms. The monoisotopic (exact) mass is 544 g/mol. The van der Waals surface area contributed by atoms with Gasteiger partial charge in [-0.15, -0.1) is 11.8 Å². The van der Waals surface area contributed by atoms with Gasteiger partial charge in [0.15, 0.2) is 0 Å². The molecule has 4 rings (SSSR count). The Labute approximate surface area is 237 Å². The Morgan fingerprint density at radius 2 is 1.67 bits per heavy atom. The van der Waals surface area contributed by atoms with Gasteiger partial charge in [-0.1, -0.05) is 86.0 Å². The fourth-order valence-corrected chi connectivity index (χ4v) is 6.16. The number of thioether (sulfide) groups is 1. The Kier molecular flexibility index (Phi) is 10.9. The lowest BCUT2D eigenvalue weighted by atomic mass is 9.94. The van der Waals surface area contributed by atoms with Crippen LogP contribution in [0.3, 0.4) is 0 Å². The van der Waals surface area contributed by atoms with E-state index < -0.39 is 6.04 Å². The van der Waals surface area contributed by atoms with Gasteiger partial charge in [-0.2, -0.15) is 0 Å². The molecule has 1 atom stereocenters. The molecule has 1 aliphatic rings. The number of nitrogens with one attached hydrogen (secondary N) is 1. The fraction of sp³-hybridized carbons (Fsp3) is 0.394. The lowest BCUT2D eigenvalue weighted by Gasteiger charge is -2.33. The molecule has 3 aromatic rings. The highest BCUT2D eigenvalue weighted by Gasteiger charge is 2.32. The van der Waals surface area contributed by atoms with Crippen LogP contribution in [0.4, 0.5) is 0 Å². The van der Waals surface area contributed by atoms with Crippen molar-refractivity contribution < 1.29 is 14.3 Å². The van der Waals surface area contributed by atoms with E-state index in [4.69, 9.17) is 4.74 Å². The standard InChI is InChI=1S/C33H40N2O3S/c1-25-12-9-10-16-28(25)23-39-24-32(36)35(22-27-15-11-19-30(20-27)38-2)31(21-26-13-5-3-6-14-26)33(37)34-29-17-7-4-8-18-29/h3,5-6,9-16,19-20,29,31H,4,7-8,17-18,21-24H2,1-2H3,(H,34,37). The molecule has 0 radical (unpaired) electrons. The van der Waals surface area contributed by atoms with Gasteiger partial charge in [-0.3, -0.25) is 9.59 Å². The SMILES string of the molecule is COc1cccc(CN(C(=O)CSCc2ccccc2C)C(Cc2ccccc2)C(=O)NC2CCCCC2)c1. The molecular formula is C33H40N2O3S. The molecule has 3 aromatic carbocycles. The van der Waals surface area contributed by atoms with Crippen LogP contribution in [0.25, 0.3) is 0 Å². The molecular weight excluding hydrogens is 504 g/mol. The van der Waals surface area contributed by atoms with Crippen molar-refractivity contribution in [2.45, 2.75) is 69.8 Å². The van der Waals surface area contributed by atoms with E-state index >= 15 is 0 Å². The number of methoxy groups -OCH3 is 1. The van der Waals surface area contributed by atoms with Crippen LogP contribution in [0.1, 0.15) is 54.4 Å². The second-order valence-corrected chi connectivity index (χ2v) is 11.3. The number of aryl methyl sites for hydroxylation is 1. The molecule has 0 aliphatic heterocycles. The molecule has 1 N–H and O–H groups in total. The van der Waals surface area contributed by atoms with Crippen LogP contribution >= 0.6 is 11.8 Å². The fourth-order valence-electron chi connectivity index (χ4n) is 5.17. The van der Waals surface area contributed by atoms with E-state index in [0.717, 1.165) is 48.3 Å². The normalized spacial score (nSPS) is 14.4. The average Bonchev–Trinajstić information content (AvgIpc) is 2.97. The van der Waals surface area contributed by atoms with Gasteiger partial charge in [0.2, 0.25) is 11.8 Å². The molecule has 1 fully saturated rings. The first-order chi connectivity index (χ1) is 19.0. The lowest BCUT2D eigenvalue weighted by molar-refractivity contribution is -0.139. The summed E-state index contributed by atoms with van der Waals surface area (Å²) in [4.78, 5) is 29.6. The first-order valence-electron chi connectivity index (χ1n) is 13.9. The minimum absolute atomic E-state index is 0.0314. The average molecular weight is 545 g/mol. The molecule has 1 unspecified atom stereocenters. The van der Waals surface area contributed by atoms with E-state index in [-0.39, 0.29) is 17.9 Å². The highest BCUT2D eigenvalue weighted by Crippen LogP contribution is 2.23. The van der Waals surface area contributed by atoms with Gasteiger partial charge in [-0.05, 0) is 54.2 Å². The van der Waals surface area contributed by atoms with Gasteiger partial charge >= 0.3 is 0 Å². The maximum absolute atomic E-state index is 13.9. The van der Waals surface area contributed by atoms with Crippen LogP contribution in [-0.2, 0) is 28.3 Å². The van der Waals surface area contributed by atoms with E-state index in [1.165, 1.54) is 17.5 Å². The summed E-state index contributed by atoms with van der Waals surface area (Å²) in [5, 5.41) is 3.31. The molecule has 0 bridgehead atoms. The lowest BCUT2D eigenvalue weighted by Crippen LogP contribution is -2.53. The van der Waals surface area contributed by atoms with Gasteiger partial charge in [-0.25, -0.2) is 0 Å². The summed E-state index contributed by atoms with van der Waals surface area (Å²) in [7, 11) is 1.64. The van der Waals surface area contributed by atoms with Crippen molar-refractivity contribution >= 4 is 23.6 Å². The zero-order valence-electron chi connectivity index (χ0n) is 23.1. The third-order valence-electron chi connectivity index (χ3n) is 7.45. The van der Waals surface area contributed by atoms with Crippen LogP contribution < -0.4 is 10.1 Å². The first kappa shape index (κ1) is 28.8. The predicted octanol–water partition coefficient (Wildman–Crippen LogP) is 6.33. The summed E-state index contributed by atoms with van der Waals surface area (Å²) in [6.45, 7) is 2.44. The Bertz CT molecular complexity index is 1210. The smallest absolute Gasteiger partial charge is 0.243 e. The van der Waals surface area contributed by atoms with Crippen molar-refractivity contribution in [2.24, 2.45) is 0 Å². The van der Waals surface area contributed by atoms with Gasteiger partial charge in [0.1, 0.15) is 11.8 Å². The highest BCUT2D eigenvalue weighted by molar-refractivity contribution is 7.99. The van der Waals surface area contributed by atoms with Gasteiger partial charge in [0.05, 0.1) is 12.9 Å². The number of rotatable bonds is 12. The summed E-state index contributed by atoms with van der Waals surface area (Å²) in [5.74, 6) is 1.70. The van der Waals surface area contributed by atoms with E-state index in [2.05, 4.69) is 24.4 Å². The maximum atomic E-state index is 13.9. The van der Waals surface area contributed by atoms with E-state index in [1.54, 1.807) is 23.8 Å². The molecule has 0 saturated heterocycles. The molecule has 0 aromatic heterocycles. The van der Waals surface area contributed by atoms with Gasteiger partial charge < -0.3 is 15.0 Å². The molecule has 1 saturated carbocycles. The molecule has 1 aliphatic carbocycles. The maximum Gasteiger partial charge on any atom is 0.243 e. The first-order valence-corrected chi connectivity index (χ1v) is 15.1. The number of benzene rings is 3. The minimum Gasteiger partial charge on any atom is -0.497 e. The molecule has 206 valence electrons. The number of nitrogens with zero attached hydrogens (tertiary/aromatic N) is 1. The van der Waals surface area contributed by atoms with Crippen molar-refractivity contribution in [3.63, 3.8) is 0 Å². The molecule has 2 amide bonds. The van der Waals surface area contributed by atoms with Crippen LogP contribution in [0.15, 0.2) is 78.9 Å². The number of carbonyl (C=O) groups excluding carboxylic acids is 2. The Balaban J connectivity index is 1.58. The number of ether oxygens (including phenoxy) is 1. The van der Waals surface area contributed by atoms with Crippen LogP contribution in [0, 0.1) is 6.92 Å². The quantitative estimate of drug-likeness (QED) is 0.290. The minimum atomic E-state index is -0.605. The Hall–Kier alpha value is -3.25. The zero-order chi connectivity index (χ0) is 27.5. The van der Waals surface area contributed by atoms with E-state index in [1.807, 2.05) is 66.7 Å². The Morgan fingerprint density at radius 1 is 0.949 bits per heavy atom. The zero-order valence-corrected chi connectivity index (χ0v) is 23.9. The summed E-state index contributed by atoms with van der Waals surface area (Å²) in [5.41, 5.74) is 4.43. The number of amides is 2. The van der Waals surface area contributed by atoms with Crippen molar-refractivity contribution in [3.8, 4) is 5.75 Å². The third kappa shape index (κ3) is 8.62. The summed E-state index contributed by atoms with van der Waals surface area (Å²) >= 11 is 1.60. The predicted molar refractivity (Wildman–Crippen MR) is 160 cm³/mol. The number of carbonyl (C=O) groups is 2. The largest absolute Gasteiger partial charge is 0.497 e. The van der Waals surface area contributed by atoms with Crippen LogP contribution in [-0.4, -0.2) is 41.7 Å². The van der Waals surface area contributed by atoms with Crippen molar-refractivity contribution in [1.29, 1.82) is 0 Å². The van der Waals surface area contributed by atoms with E-state index in [0.29, 0.717) is 18.7 Å². The second kappa shape index (κ2) is 14.8. The molecule has 6 heteroatoms. The number of hydrogen-bond acceptors (Lipinski definition) is 4. The van der Waals surface area contributed by atoms with Crippen molar-refractivity contribution in [3.05, 3.63) is 101 Å². The molecule has 0 spiro atoms. The topological polar surface area (TPSA) is 58.6 Å². The molecule has 0 heterocycles. The van der Waals surface area contributed by atoms with Crippen LogP contribution in [0.2, 0.25) is 0 Å². The Morgan fingerprint density at radius 3 is 2.41 bits per heavy atom. The van der Waals surface area contributed by atoms with Gasteiger partial charge in [0.25, 0.3) is 0 Å². The number of hydrogen-bond donors (Lipinski definition) is 1. The second-order valence-electron chi connectivity index (χ2n) is 10.3. The third-order valence-corrected chi connectivity index (χ3v) is 8.42. The summed E-state index contributed by atoms with van der Waals surface area (Å²) in [6, 6.07) is 25.6. The summed E-state index contributed by atoms with van der Waals surface area (Å²) < 4.78 is 5.44. The van der Waals surface area contributed by atoms with E-state index in [9.17, 15) is 9.59 Å². The van der Waals surface area contributed by atoms with Gasteiger partial charge in [0, 0.05) is 24.8 Å².